The first-order valence-corrected chi connectivity index (χ1v) is 10.9. The van der Waals surface area contributed by atoms with E-state index in [-0.39, 0.29) is 17.8 Å². The Labute approximate surface area is 183 Å². The van der Waals surface area contributed by atoms with Gasteiger partial charge in [0.25, 0.3) is 5.69 Å². The zero-order chi connectivity index (χ0) is 22.8. The maximum absolute atomic E-state index is 14.3. The van der Waals surface area contributed by atoms with Crippen LogP contribution in [0, 0.1) is 15.9 Å². The minimum absolute atomic E-state index is 0.196. The van der Waals surface area contributed by atoms with Crippen molar-refractivity contribution >= 4 is 17.5 Å². The van der Waals surface area contributed by atoms with Gasteiger partial charge in [-0.25, -0.2) is 9.18 Å². The average Bonchev–Trinajstić information content (AvgIpc) is 2.72. The molecule has 3 rings (SSSR count). The number of carbonyl (C=O) groups excluding carboxylic acids is 1. The van der Waals surface area contributed by atoms with Crippen molar-refractivity contribution in [3.63, 3.8) is 0 Å². The fourth-order valence-corrected chi connectivity index (χ4v) is 4.49. The van der Waals surface area contributed by atoms with Crippen LogP contribution in [0.15, 0.2) is 18.2 Å². The van der Waals surface area contributed by atoms with Gasteiger partial charge in [-0.3, -0.25) is 15.0 Å². The number of hydrogen-bond donors (Lipinski definition) is 0. The highest BCUT2D eigenvalue weighted by Gasteiger charge is 2.33. The smallest absolute Gasteiger partial charge is 0.410 e. The average molecular weight is 437 g/mol. The maximum Gasteiger partial charge on any atom is 0.410 e. The standard InChI is InChI=1S/C22H33FN4O4/c1-22(2,3)31-21(28)24(4)16-5-7-17(8-6-16)25-11-13-26(14-12-25)20-10-9-18(27(29)30)15-19(20)23/h9-10,15-17H,5-8,11-14H2,1-4H3. The second kappa shape index (κ2) is 9.38. The van der Waals surface area contributed by atoms with Gasteiger partial charge in [0, 0.05) is 51.4 Å². The van der Waals surface area contributed by atoms with Crippen LogP contribution >= 0.6 is 0 Å². The van der Waals surface area contributed by atoms with Crippen molar-refractivity contribution in [2.75, 3.05) is 38.1 Å². The number of nitrogens with zero attached hydrogens (tertiary/aromatic N) is 4. The number of nitro groups is 1. The number of halogens is 1. The molecule has 1 saturated heterocycles. The molecule has 1 heterocycles. The van der Waals surface area contributed by atoms with E-state index in [9.17, 15) is 19.3 Å². The molecule has 0 N–H and O–H groups in total. The molecule has 2 fully saturated rings. The van der Waals surface area contributed by atoms with Gasteiger partial charge in [0.15, 0.2) is 5.82 Å². The van der Waals surface area contributed by atoms with E-state index in [1.54, 1.807) is 4.90 Å². The molecule has 1 aliphatic heterocycles. The summed E-state index contributed by atoms with van der Waals surface area (Å²) >= 11 is 0. The van der Waals surface area contributed by atoms with E-state index in [2.05, 4.69) is 4.90 Å². The normalized spacial score (nSPS) is 22.8. The molecule has 0 aromatic heterocycles. The molecule has 9 heteroatoms. The van der Waals surface area contributed by atoms with Crippen LogP contribution < -0.4 is 4.90 Å². The molecule has 1 aromatic rings. The highest BCUT2D eigenvalue weighted by Crippen LogP contribution is 2.29. The Hall–Kier alpha value is -2.42. The molecule has 1 saturated carbocycles. The summed E-state index contributed by atoms with van der Waals surface area (Å²) in [7, 11) is 1.82. The lowest BCUT2D eigenvalue weighted by Gasteiger charge is -2.43. The summed E-state index contributed by atoms with van der Waals surface area (Å²) in [5.74, 6) is -0.548. The number of anilines is 1. The first kappa shape index (κ1) is 23.2. The number of piperazine rings is 1. The summed E-state index contributed by atoms with van der Waals surface area (Å²) in [5.41, 5.74) is -0.299. The van der Waals surface area contributed by atoms with Crippen molar-refractivity contribution in [3.8, 4) is 0 Å². The van der Waals surface area contributed by atoms with Gasteiger partial charge in [0.05, 0.1) is 16.7 Å². The van der Waals surface area contributed by atoms with Crippen LogP contribution in [0.25, 0.3) is 0 Å². The van der Waals surface area contributed by atoms with Crippen LogP contribution in [0.4, 0.5) is 20.6 Å². The summed E-state index contributed by atoms with van der Waals surface area (Å²) in [5, 5.41) is 10.8. The van der Waals surface area contributed by atoms with Crippen molar-refractivity contribution < 1.29 is 18.8 Å². The van der Waals surface area contributed by atoms with Gasteiger partial charge < -0.3 is 14.5 Å². The van der Waals surface area contributed by atoms with Crippen molar-refractivity contribution in [2.45, 2.75) is 64.1 Å². The van der Waals surface area contributed by atoms with E-state index in [1.807, 2.05) is 32.7 Å². The third kappa shape index (κ3) is 5.84. The predicted octanol–water partition coefficient (Wildman–Crippen LogP) is 4.03. The minimum atomic E-state index is -0.582. The minimum Gasteiger partial charge on any atom is -0.444 e. The van der Waals surface area contributed by atoms with Crippen LogP contribution in [0.1, 0.15) is 46.5 Å². The molecule has 0 radical (unpaired) electrons. The first-order valence-electron chi connectivity index (χ1n) is 10.9. The highest BCUT2D eigenvalue weighted by molar-refractivity contribution is 5.68. The molecule has 0 spiro atoms. The molecule has 0 unspecified atom stereocenters. The largest absolute Gasteiger partial charge is 0.444 e. The first-order chi connectivity index (χ1) is 14.5. The zero-order valence-electron chi connectivity index (χ0n) is 18.8. The molecule has 0 bridgehead atoms. The summed E-state index contributed by atoms with van der Waals surface area (Å²) in [6, 6.07) is 4.51. The van der Waals surface area contributed by atoms with Crippen LogP contribution in [0.5, 0.6) is 0 Å². The van der Waals surface area contributed by atoms with E-state index in [4.69, 9.17) is 4.74 Å². The van der Waals surface area contributed by atoms with Crippen molar-refractivity contribution in [2.24, 2.45) is 0 Å². The molecule has 172 valence electrons. The Bertz CT molecular complexity index is 797. The Balaban J connectivity index is 1.48. The van der Waals surface area contributed by atoms with Gasteiger partial charge >= 0.3 is 6.09 Å². The Morgan fingerprint density at radius 1 is 1.16 bits per heavy atom. The van der Waals surface area contributed by atoms with Crippen LogP contribution in [-0.4, -0.2) is 71.7 Å². The number of rotatable bonds is 4. The molecule has 0 atom stereocenters. The van der Waals surface area contributed by atoms with Gasteiger partial charge in [0.2, 0.25) is 0 Å². The van der Waals surface area contributed by atoms with Gasteiger partial charge in [-0.2, -0.15) is 0 Å². The van der Waals surface area contributed by atoms with Crippen LogP contribution in [-0.2, 0) is 4.74 Å². The van der Waals surface area contributed by atoms with Crippen LogP contribution in [0.3, 0.4) is 0 Å². The number of hydrogen-bond acceptors (Lipinski definition) is 6. The summed E-state index contributed by atoms with van der Waals surface area (Å²) in [4.78, 5) is 28.7. The van der Waals surface area contributed by atoms with Crippen molar-refractivity contribution in [1.29, 1.82) is 0 Å². The summed E-state index contributed by atoms with van der Waals surface area (Å²) in [6.07, 6.45) is 3.65. The van der Waals surface area contributed by atoms with E-state index < -0.39 is 16.3 Å². The number of benzene rings is 1. The summed E-state index contributed by atoms with van der Waals surface area (Å²) < 4.78 is 19.8. The van der Waals surface area contributed by atoms with Gasteiger partial charge in [-0.05, 0) is 52.5 Å². The monoisotopic (exact) mass is 436 g/mol. The highest BCUT2D eigenvalue weighted by atomic mass is 19.1. The van der Waals surface area contributed by atoms with Gasteiger partial charge in [0.1, 0.15) is 5.60 Å². The van der Waals surface area contributed by atoms with Gasteiger partial charge in [-0.15, -0.1) is 0 Å². The van der Waals surface area contributed by atoms with Gasteiger partial charge in [-0.1, -0.05) is 0 Å². The van der Waals surface area contributed by atoms with E-state index in [0.717, 1.165) is 44.8 Å². The molecule has 1 amide bonds. The quantitative estimate of drug-likeness (QED) is 0.524. The molecule has 1 aromatic carbocycles. The molecular formula is C22H33FN4O4. The molecule has 31 heavy (non-hydrogen) atoms. The predicted molar refractivity (Wildman–Crippen MR) is 117 cm³/mol. The summed E-state index contributed by atoms with van der Waals surface area (Å²) in [6.45, 7) is 8.65. The molecule has 8 nitrogen and oxygen atoms in total. The molecular weight excluding hydrogens is 403 g/mol. The second-order valence-electron chi connectivity index (χ2n) is 9.47. The molecule has 2 aliphatic rings. The topological polar surface area (TPSA) is 79.2 Å². The van der Waals surface area contributed by atoms with E-state index in [0.29, 0.717) is 24.8 Å². The maximum atomic E-state index is 14.3. The fraction of sp³-hybridized carbons (Fsp3) is 0.682. The van der Waals surface area contributed by atoms with Crippen molar-refractivity contribution in [3.05, 3.63) is 34.1 Å². The van der Waals surface area contributed by atoms with Crippen molar-refractivity contribution in [1.82, 2.24) is 9.80 Å². The number of carbonyl (C=O) groups is 1. The lowest BCUT2D eigenvalue weighted by molar-refractivity contribution is -0.385. The zero-order valence-corrected chi connectivity index (χ0v) is 18.8. The number of ether oxygens (including phenoxy) is 1. The number of nitro benzene ring substituents is 1. The second-order valence-corrected chi connectivity index (χ2v) is 9.47. The Kier molecular flexibility index (Phi) is 7.03. The third-order valence-corrected chi connectivity index (χ3v) is 6.21. The number of non-ortho nitro benzene ring substituents is 1. The Morgan fingerprint density at radius 2 is 1.77 bits per heavy atom. The Morgan fingerprint density at radius 3 is 2.29 bits per heavy atom. The lowest BCUT2D eigenvalue weighted by atomic mass is 9.89. The van der Waals surface area contributed by atoms with Crippen LogP contribution in [0.2, 0.25) is 0 Å². The number of amides is 1. The van der Waals surface area contributed by atoms with E-state index >= 15 is 0 Å². The third-order valence-electron chi connectivity index (χ3n) is 6.21. The fourth-order valence-electron chi connectivity index (χ4n) is 4.49. The van der Waals surface area contributed by atoms with E-state index in [1.165, 1.54) is 12.1 Å². The SMILES string of the molecule is CN(C(=O)OC(C)(C)C)C1CCC(N2CCN(c3ccc([N+](=O)[O-])cc3F)CC2)CC1. The molecule has 1 aliphatic carbocycles. The lowest BCUT2D eigenvalue weighted by Crippen LogP contribution is -2.52.